The molecule has 0 saturated heterocycles. The third-order valence-corrected chi connectivity index (χ3v) is 7.53. The predicted molar refractivity (Wildman–Crippen MR) is 131 cm³/mol. The molecule has 0 spiro atoms. The van der Waals surface area contributed by atoms with Crippen LogP contribution in [0.25, 0.3) is 22.2 Å². The number of aliphatic hydroxyl groups excluding tert-OH is 1. The number of nitrogens with zero attached hydrogens (tertiary/aromatic N) is 3. The Morgan fingerprint density at radius 3 is 2.74 bits per heavy atom. The molecule has 0 radical (unpaired) electrons. The van der Waals surface area contributed by atoms with Crippen LogP contribution >= 0.6 is 11.6 Å². The van der Waals surface area contributed by atoms with Gasteiger partial charge in [0, 0.05) is 46.1 Å². The predicted octanol–water partition coefficient (Wildman–Crippen LogP) is 6.16. The third-order valence-electron chi connectivity index (χ3n) is 7.14. The maximum absolute atomic E-state index is 14.3. The SMILES string of the molecule is COc1ccc(F)c(Cl)c1[C@@H](C)c1c[nH]c2ncc(-c3cnn([C@H]4CC[C@@H](O)CC4)c3C)cc12. The van der Waals surface area contributed by atoms with E-state index in [2.05, 4.69) is 32.7 Å². The van der Waals surface area contributed by atoms with E-state index in [1.165, 1.54) is 6.07 Å². The minimum atomic E-state index is -0.471. The molecule has 8 heteroatoms. The van der Waals surface area contributed by atoms with Crippen LogP contribution in [0.5, 0.6) is 5.75 Å². The summed E-state index contributed by atoms with van der Waals surface area (Å²) in [5, 5.41) is 15.5. The van der Waals surface area contributed by atoms with E-state index >= 15 is 0 Å². The Hall–Kier alpha value is -2.90. The third kappa shape index (κ3) is 3.87. The van der Waals surface area contributed by atoms with Crippen LogP contribution in [-0.4, -0.2) is 38.1 Å². The first-order valence-corrected chi connectivity index (χ1v) is 12.0. The van der Waals surface area contributed by atoms with Crippen molar-refractivity contribution in [2.75, 3.05) is 7.11 Å². The second-order valence-corrected chi connectivity index (χ2v) is 9.49. The van der Waals surface area contributed by atoms with Crippen molar-refractivity contribution < 1.29 is 14.2 Å². The van der Waals surface area contributed by atoms with E-state index in [0.717, 1.165) is 59.1 Å². The molecule has 0 aliphatic heterocycles. The van der Waals surface area contributed by atoms with Crippen LogP contribution in [0.4, 0.5) is 4.39 Å². The summed E-state index contributed by atoms with van der Waals surface area (Å²) in [5.41, 5.74) is 5.41. The number of aromatic nitrogens is 4. The van der Waals surface area contributed by atoms with Gasteiger partial charge >= 0.3 is 0 Å². The molecular weight excluding hydrogens is 455 g/mol. The number of ether oxygens (including phenoxy) is 1. The number of aliphatic hydroxyl groups is 1. The van der Waals surface area contributed by atoms with Crippen molar-refractivity contribution in [2.45, 2.75) is 57.6 Å². The lowest BCUT2D eigenvalue weighted by atomic mass is 9.91. The summed E-state index contributed by atoms with van der Waals surface area (Å²) >= 11 is 6.37. The maximum Gasteiger partial charge on any atom is 0.142 e. The van der Waals surface area contributed by atoms with Gasteiger partial charge in [-0.3, -0.25) is 4.68 Å². The molecule has 0 bridgehead atoms. The van der Waals surface area contributed by atoms with Gasteiger partial charge in [0.05, 0.1) is 30.5 Å². The quantitative estimate of drug-likeness (QED) is 0.357. The lowest BCUT2D eigenvalue weighted by Crippen LogP contribution is -2.22. The summed E-state index contributed by atoms with van der Waals surface area (Å²) in [6.07, 6.45) is 8.92. The molecule has 1 aliphatic rings. The monoisotopic (exact) mass is 482 g/mol. The van der Waals surface area contributed by atoms with E-state index in [1.807, 2.05) is 25.5 Å². The molecule has 0 amide bonds. The summed E-state index contributed by atoms with van der Waals surface area (Å²) < 4.78 is 21.9. The number of nitrogens with one attached hydrogen (secondary N) is 1. The number of H-pyrrole nitrogens is 1. The van der Waals surface area contributed by atoms with Crippen molar-refractivity contribution >= 4 is 22.6 Å². The van der Waals surface area contributed by atoms with Crippen LogP contribution < -0.4 is 4.74 Å². The fourth-order valence-electron chi connectivity index (χ4n) is 5.19. The van der Waals surface area contributed by atoms with Gasteiger partial charge in [0.1, 0.15) is 17.2 Å². The van der Waals surface area contributed by atoms with Crippen molar-refractivity contribution in [2.24, 2.45) is 0 Å². The fraction of sp³-hybridized carbons (Fsp3) is 0.385. The standard InChI is InChI=1S/C26H28ClFN4O2/c1-14(24-23(34-3)9-8-22(28)25(24)27)20-12-30-26-19(20)10-16(11-29-26)21-13-31-32(15(21)2)17-4-6-18(33)7-5-17/h8-14,17-18,33H,4-7H2,1-3H3,(H,29,30)/t14-,17-,18+/m0/s1. The molecule has 2 N–H and O–H groups in total. The molecule has 3 heterocycles. The van der Waals surface area contributed by atoms with Crippen LogP contribution in [-0.2, 0) is 0 Å². The van der Waals surface area contributed by atoms with E-state index in [1.54, 1.807) is 13.2 Å². The Bertz CT molecular complexity index is 1340. The number of benzene rings is 1. The molecule has 1 aliphatic carbocycles. The summed E-state index contributed by atoms with van der Waals surface area (Å²) in [4.78, 5) is 7.88. The van der Waals surface area contributed by atoms with E-state index in [0.29, 0.717) is 17.4 Å². The van der Waals surface area contributed by atoms with Crippen LogP contribution in [0, 0.1) is 12.7 Å². The smallest absolute Gasteiger partial charge is 0.142 e. The first-order chi connectivity index (χ1) is 16.4. The van der Waals surface area contributed by atoms with Crippen LogP contribution in [0.1, 0.15) is 61.4 Å². The first-order valence-electron chi connectivity index (χ1n) is 11.6. The van der Waals surface area contributed by atoms with Gasteiger partial charge in [-0.25, -0.2) is 9.37 Å². The number of methoxy groups -OCH3 is 1. The average Bonchev–Trinajstić information content (AvgIpc) is 3.44. The van der Waals surface area contributed by atoms with E-state index < -0.39 is 5.82 Å². The number of hydrogen-bond acceptors (Lipinski definition) is 4. The van der Waals surface area contributed by atoms with E-state index in [4.69, 9.17) is 16.3 Å². The number of pyridine rings is 1. The highest BCUT2D eigenvalue weighted by Crippen LogP contribution is 2.41. The minimum Gasteiger partial charge on any atom is -0.496 e. The first kappa shape index (κ1) is 22.9. The average molecular weight is 483 g/mol. The summed E-state index contributed by atoms with van der Waals surface area (Å²) in [5.74, 6) is -0.144. The van der Waals surface area contributed by atoms with E-state index in [-0.39, 0.29) is 17.0 Å². The summed E-state index contributed by atoms with van der Waals surface area (Å²) in [6, 6.07) is 5.33. The molecule has 1 saturated carbocycles. The number of hydrogen-bond donors (Lipinski definition) is 2. The molecule has 1 atom stereocenters. The summed E-state index contributed by atoms with van der Waals surface area (Å²) in [6.45, 7) is 4.06. The molecule has 1 aromatic carbocycles. The molecule has 1 fully saturated rings. The van der Waals surface area contributed by atoms with Crippen LogP contribution in [0.2, 0.25) is 5.02 Å². The molecule has 0 unspecified atom stereocenters. The Morgan fingerprint density at radius 1 is 1.24 bits per heavy atom. The molecule has 3 aromatic heterocycles. The second kappa shape index (κ2) is 9.04. The Morgan fingerprint density at radius 2 is 2.00 bits per heavy atom. The zero-order chi connectivity index (χ0) is 24.0. The maximum atomic E-state index is 14.3. The Kier molecular flexibility index (Phi) is 6.08. The van der Waals surface area contributed by atoms with Gasteiger partial charge in [-0.05, 0) is 56.4 Å². The lowest BCUT2D eigenvalue weighted by molar-refractivity contribution is 0.107. The van der Waals surface area contributed by atoms with Gasteiger partial charge in [0.2, 0.25) is 0 Å². The van der Waals surface area contributed by atoms with Crippen molar-refractivity contribution in [1.82, 2.24) is 19.7 Å². The molecular formula is C26H28ClFN4O2. The number of aromatic amines is 1. The molecule has 4 aromatic rings. The second-order valence-electron chi connectivity index (χ2n) is 9.11. The minimum absolute atomic E-state index is 0.0695. The highest BCUT2D eigenvalue weighted by molar-refractivity contribution is 6.31. The number of fused-ring (bicyclic) bond motifs is 1. The molecule has 6 nitrogen and oxygen atoms in total. The van der Waals surface area contributed by atoms with E-state index in [9.17, 15) is 9.50 Å². The normalized spacial score (nSPS) is 19.5. The highest BCUT2D eigenvalue weighted by Gasteiger charge is 2.25. The van der Waals surface area contributed by atoms with Crippen LogP contribution in [0.15, 0.2) is 36.8 Å². The molecule has 34 heavy (non-hydrogen) atoms. The highest BCUT2D eigenvalue weighted by atomic mass is 35.5. The topological polar surface area (TPSA) is 76.0 Å². The zero-order valence-corrected chi connectivity index (χ0v) is 20.2. The van der Waals surface area contributed by atoms with Gasteiger partial charge in [0.25, 0.3) is 0 Å². The van der Waals surface area contributed by atoms with Crippen molar-refractivity contribution in [3.05, 3.63) is 64.5 Å². The van der Waals surface area contributed by atoms with Crippen LogP contribution in [0.3, 0.4) is 0 Å². The number of halogens is 2. The summed E-state index contributed by atoms with van der Waals surface area (Å²) in [7, 11) is 1.56. The molecule has 178 valence electrons. The van der Waals surface area contributed by atoms with Gasteiger partial charge in [0.15, 0.2) is 0 Å². The largest absolute Gasteiger partial charge is 0.496 e. The van der Waals surface area contributed by atoms with Gasteiger partial charge < -0.3 is 14.8 Å². The van der Waals surface area contributed by atoms with Crippen molar-refractivity contribution in [1.29, 1.82) is 0 Å². The van der Waals surface area contributed by atoms with Gasteiger partial charge in [-0.1, -0.05) is 18.5 Å². The lowest BCUT2D eigenvalue weighted by Gasteiger charge is -2.26. The van der Waals surface area contributed by atoms with Crippen molar-refractivity contribution in [3.8, 4) is 16.9 Å². The Balaban J connectivity index is 1.54. The number of rotatable bonds is 5. The Labute approximate surface area is 202 Å². The molecule has 5 rings (SSSR count). The van der Waals surface area contributed by atoms with Gasteiger partial charge in [-0.2, -0.15) is 5.10 Å². The zero-order valence-electron chi connectivity index (χ0n) is 19.5. The fourth-order valence-corrected chi connectivity index (χ4v) is 5.51. The van der Waals surface area contributed by atoms with Gasteiger partial charge in [-0.15, -0.1) is 0 Å². The van der Waals surface area contributed by atoms with Crippen molar-refractivity contribution in [3.63, 3.8) is 0 Å².